The first-order chi connectivity index (χ1) is 12.1. The summed E-state index contributed by atoms with van der Waals surface area (Å²) in [5.74, 6) is 1.35. The van der Waals surface area contributed by atoms with E-state index >= 15 is 0 Å². The first-order valence-corrected chi connectivity index (χ1v) is 8.50. The van der Waals surface area contributed by atoms with E-state index in [0.717, 1.165) is 5.75 Å². The van der Waals surface area contributed by atoms with Crippen molar-refractivity contribution in [2.24, 2.45) is 5.10 Å². The van der Waals surface area contributed by atoms with Crippen LogP contribution in [0.25, 0.3) is 0 Å². The molecule has 0 aliphatic heterocycles. The molecule has 0 spiro atoms. The van der Waals surface area contributed by atoms with Gasteiger partial charge in [0, 0.05) is 11.8 Å². The Morgan fingerprint density at radius 2 is 1.88 bits per heavy atom. The second kappa shape index (κ2) is 7.71. The fourth-order valence-corrected chi connectivity index (χ4v) is 3.05. The minimum Gasteiger partial charge on any atom is -0.258 e. The summed E-state index contributed by atoms with van der Waals surface area (Å²) in [5, 5.41) is 24.2. The van der Waals surface area contributed by atoms with Gasteiger partial charge in [-0.2, -0.15) is 9.78 Å². The minimum atomic E-state index is -0.425. The standard InChI is InChI=1S/C17H15N5O2S/c1-13-19-20-17(25-12-14-7-3-2-4-8-14)21(13)18-11-15-9-5-6-10-16(15)22(23)24/h2-11H,12H2,1H3/b18-11-. The highest BCUT2D eigenvalue weighted by atomic mass is 32.2. The van der Waals surface area contributed by atoms with E-state index < -0.39 is 4.92 Å². The molecule has 8 heteroatoms. The molecule has 126 valence electrons. The molecule has 0 amide bonds. The van der Waals surface area contributed by atoms with Gasteiger partial charge in [-0.3, -0.25) is 10.1 Å². The molecule has 0 saturated heterocycles. The molecule has 3 aromatic rings. The van der Waals surface area contributed by atoms with Crippen molar-refractivity contribution in [2.45, 2.75) is 17.8 Å². The van der Waals surface area contributed by atoms with Crippen LogP contribution >= 0.6 is 11.8 Å². The fraction of sp³-hybridized carbons (Fsp3) is 0.118. The van der Waals surface area contributed by atoms with Crippen LogP contribution in [0.15, 0.2) is 64.9 Å². The summed E-state index contributed by atoms with van der Waals surface area (Å²) in [7, 11) is 0. The summed E-state index contributed by atoms with van der Waals surface area (Å²) in [4.78, 5) is 10.7. The van der Waals surface area contributed by atoms with Crippen LogP contribution in [0.2, 0.25) is 0 Å². The molecule has 7 nitrogen and oxygen atoms in total. The summed E-state index contributed by atoms with van der Waals surface area (Å²) in [6.45, 7) is 1.79. The van der Waals surface area contributed by atoms with Gasteiger partial charge in [-0.05, 0) is 18.6 Å². The number of thioether (sulfide) groups is 1. The smallest absolute Gasteiger partial charge is 0.258 e. The number of nitro benzene ring substituents is 1. The van der Waals surface area contributed by atoms with Crippen LogP contribution in [-0.4, -0.2) is 26.0 Å². The lowest BCUT2D eigenvalue weighted by Gasteiger charge is -2.03. The zero-order valence-corrected chi connectivity index (χ0v) is 14.3. The molecule has 0 aliphatic rings. The molecule has 0 saturated carbocycles. The van der Waals surface area contributed by atoms with Crippen molar-refractivity contribution in [1.82, 2.24) is 14.9 Å². The van der Waals surface area contributed by atoms with Crippen molar-refractivity contribution < 1.29 is 4.92 Å². The highest BCUT2D eigenvalue weighted by Crippen LogP contribution is 2.22. The van der Waals surface area contributed by atoms with Crippen molar-refractivity contribution in [3.05, 3.63) is 81.7 Å². The van der Waals surface area contributed by atoms with Crippen LogP contribution in [0.5, 0.6) is 0 Å². The van der Waals surface area contributed by atoms with Gasteiger partial charge in [0.05, 0.1) is 16.7 Å². The molecule has 0 atom stereocenters. The Labute approximate surface area is 148 Å². The number of aryl methyl sites for hydroxylation is 1. The number of nitro groups is 1. The number of hydrogen-bond donors (Lipinski definition) is 0. The molecule has 3 rings (SSSR count). The van der Waals surface area contributed by atoms with Gasteiger partial charge in [-0.25, -0.2) is 0 Å². The van der Waals surface area contributed by atoms with Crippen LogP contribution in [0.4, 0.5) is 5.69 Å². The molecule has 0 aliphatic carbocycles. The van der Waals surface area contributed by atoms with Crippen LogP contribution in [0, 0.1) is 17.0 Å². The SMILES string of the molecule is Cc1nnc(SCc2ccccc2)n1/N=C\c1ccccc1[N+](=O)[O-]. The summed E-state index contributed by atoms with van der Waals surface area (Å²) in [6.07, 6.45) is 1.46. The lowest BCUT2D eigenvalue weighted by Crippen LogP contribution is -1.98. The lowest BCUT2D eigenvalue weighted by atomic mass is 10.2. The fourth-order valence-electron chi connectivity index (χ4n) is 2.17. The molecule has 0 radical (unpaired) electrons. The van der Waals surface area contributed by atoms with Gasteiger partial charge in [0.1, 0.15) is 0 Å². The van der Waals surface area contributed by atoms with E-state index in [1.165, 1.54) is 29.6 Å². The third kappa shape index (κ3) is 4.10. The molecule has 0 bridgehead atoms. The number of hydrogen-bond acceptors (Lipinski definition) is 6. The lowest BCUT2D eigenvalue weighted by molar-refractivity contribution is -0.385. The average Bonchev–Trinajstić information content (AvgIpc) is 2.99. The van der Waals surface area contributed by atoms with E-state index in [1.807, 2.05) is 30.3 Å². The largest absolute Gasteiger partial charge is 0.278 e. The van der Waals surface area contributed by atoms with Crippen molar-refractivity contribution in [3.8, 4) is 0 Å². The Hall–Kier alpha value is -3.00. The number of nitrogens with zero attached hydrogens (tertiary/aromatic N) is 5. The van der Waals surface area contributed by atoms with Gasteiger partial charge in [0.2, 0.25) is 5.16 Å². The molecule has 2 aromatic carbocycles. The number of benzene rings is 2. The van der Waals surface area contributed by atoms with E-state index in [4.69, 9.17) is 0 Å². The Bertz CT molecular complexity index is 908. The van der Waals surface area contributed by atoms with Gasteiger partial charge < -0.3 is 0 Å². The predicted molar refractivity (Wildman–Crippen MR) is 96.9 cm³/mol. The second-order valence-corrected chi connectivity index (χ2v) is 6.12. The third-order valence-electron chi connectivity index (χ3n) is 3.42. The van der Waals surface area contributed by atoms with Crippen LogP contribution in [0.1, 0.15) is 17.0 Å². The normalized spacial score (nSPS) is 11.1. The monoisotopic (exact) mass is 353 g/mol. The first-order valence-electron chi connectivity index (χ1n) is 7.51. The van der Waals surface area contributed by atoms with Crippen LogP contribution < -0.4 is 0 Å². The van der Waals surface area contributed by atoms with E-state index in [9.17, 15) is 10.1 Å². The first kappa shape index (κ1) is 16.8. The molecule has 1 heterocycles. The average molecular weight is 353 g/mol. The highest BCUT2D eigenvalue weighted by molar-refractivity contribution is 7.98. The Balaban J connectivity index is 1.81. The molecular formula is C17H15N5O2S. The van der Waals surface area contributed by atoms with Crippen molar-refractivity contribution in [2.75, 3.05) is 0 Å². The Morgan fingerprint density at radius 1 is 1.16 bits per heavy atom. The summed E-state index contributed by atoms with van der Waals surface area (Å²) < 4.78 is 1.59. The maximum absolute atomic E-state index is 11.1. The summed E-state index contributed by atoms with van der Waals surface area (Å²) in [5.41, 5.74) is 1.61. The number of aromatic nitrogens is 3. The minimum absolute atomic E-state index is 0.00969. The quantitative estimate of drug-likeness (QED) is 0.292. The molecule has 0 fully saturated rings. The predicted octanol–water partition coefficient (Wildman–Crippen LogP) is 3.67. The molecule has 1 aromatic heterocycles. The number of rotatable bonds is 6. The molecule has 25 heavy (non-hydrogen) atoms. The van der Waals surface area contributed by atoms with Crippen LogP contribution in [0.3, 0.4) is 0 Å². The van der Waals surface area contributed by atoms with Crippen molar-refractivity contribution >= 4 is 23.7 Å². The summed E-state index contributed by atoms with van der Waals surface area (Å²) in [6, 6.07) is 16.5. The van der Waals surface area contributed by atoms with Gasteiger partial charge in [0.25, 0.3) is 5.69 Å². The topological polar surface area (TPSA) is 86.2 Å². The molecular weight excluding hydrogens is 338 g/mol. The molecule has 0 N–H and O–H groups in total. The van der Waals surface area contributed by atoms with Gasteiger partial charge >= 0.3 is 0 Å². The van der Waals surface area contributed by atoms with Gasteiger partial charge in [0.15, 0.2) is 5.82 Å². The third-order valence-corrected chi connectivity index (χ3v) is 4.41. The maximum Gasteiger partial charge on any atom is 0.278 e. The van der Waals surface area contributed by atoms with E-state index in [0.29, 0.717) is 16.5 Å². The Morgan fingerprint density at radius 3 is 2.64 bits per heavy atom. The maximum atomic E-state index is 11.1. The highest BCUT2D eigenvalue weighted by Gasteiger charge is 2.12. The van der Waals surface area contributed by atoms with E-state index in [1.54, 1.807) is 29.8 Å². The Kier molecular flexibility index (Phi) is 5.20. The van der Waals surface area contributed by atoms with E-state index in [2.05, 4.69) is 15.3 Å². The van der Waals surface area contributed by atoms with Gasteiger partial charge in [-0.1, -0.05) is 54.2 Å². The van der Waals surface area contributed by atoms with Crippen molar-refractivity contribution in [1.29, 1.82) is 0 Å². The number of para-hydroxylation sites is 1. The summed E-state index contributed by atoms with van der Waals surface area (Å²) >= 11 is 1.51. The van der Waals surface area contributed by atoms with E-state index in [-0.39, 0.29) is 5.69 Å². The zero-order chi connectivity index (χ0) is 17.6. The zero-order valence-electron chi connectivity index (χ0n) is 13.4. The molecule has 0 unspecified atom stereocenters. The van der Waals surface area contributed by atoms with Crippen molar-refractivity contribution in [3.63, 3.8) is 0 Å². The van der Waals surface area contributed by atoms with Crippen LogP contribution in [-0.2, 0) is 5.75 Å². The van der Waals surface area contributed by atoms with Gasteiger partial charge in [-0.15, -0.1) is 10.2 Å². The second-order valence-electron chi connectivity index (χ2n) is 5.18.